The molecule has 1 aromatic rings. The van der Waals surface area contributed by atoms with E-state index in [0.717, 1.165) is 63.9 Å². The number of hydrogen-bond donors (Lipinski definition) is 1. The molecule has 2 aliphatic rings. The highest BCUT2D eigenvalue weighted by molar-refractivity contribution is 5.43. The summed E-state index contributed by atoms with van der Waals surface area (Å²) in [5.74, 6) is 1.87. The zero-order valence-corrected chi connectivity index (χ0v) is 12.6. The van der Waals surface area contributed by atoms with Crippen LogP contribution in [0.5, 0.6) is 11.5 Å². The Morgan fingerprint density at radius 3 is 2.95 bits per heavy atom. The standard InChI is InChI=1S/C16H24N2O3/c1-19-13-2-3-16-14(12-13)15(4-9-21-16)17-5-6-18-7-10-20-11-8-18/h2-3,12,15,17H,4-11H2,1H3. The molecule has 0 radical (unpaired) electrons. The topological polar surface area (TPSA) is 43.0 Å². The zero-order chi connectivity index (χ0) is 14.5. The van der Waals surface area contributed by atoms with Crippen LogP contribution in [0.3, 0.4) is 0 Å². The Kier molecular flexibility index (Phi) is 4.95. The third-order valence-corrected chi connectivity index (χ3v) is 4.18. The van der Waals surface area contributed by atoms with Gasteiger partial charge in [0.15, 0.2) is 0 Å². The summed E-state index contributed by atoms with van der Waals surface area (Å²) in [6.45, 7) is 6.63. The van der Waals surface area contributed by atoms with Crippen LogP contribution >= 0.6 is 0 Å². The Morgan fingerprint density at radius 2 is 2.14 bits per heavy atom. The van der Waals surface area contributed by atoms with Crippen LogP contribution in [-0.4, -0.2) is 58.0 Å². The number of hydrogen-bond acceptors (Lipinski definition) is 5. The van der Waals surface area contributed by atoms with Gasteiger partial charge in [-0.05, 0) is 18.2 Å². The molecule has 116 valence electrons. The van der Waals surface area contributed by atoms with Crippen molar-refractivity contribution in [1.29, 1.82) is 0 Å². The van der Waals surface area contributed by atoms with Gasteiger partial charge in [-0.15, -0.1) is 0 Å². The molecular formula is C16H24N2O3. The second-order valence-electron chi connectivity index (χ2n) is 5.50. The molecular weight excluding hydrogens is 268 g/mol. The largest absolute Gasteiger partial charge is 0.497 e. The molecule has 0 aliphatic carbocycles. The number of rotatable bonds is 5. The van der Waals surface area contributed by atoms with Gasteiger partial charge in [-0.3, -0.25) is 4.90 Å². The number of ether oxygens (including phenoxy) is 3. The molecule has 5 heteroatoms. The first-order chi connectivity index (χ1) is 10.4. The lowest BCUT2D eigenvalue weighted by atomic mass is 10.00. The van der Waals surface area contributed by atoms with Crippen LogP contribution in [0.4, 0.5) is 0 Å². The van der Waals surface area contributed by atoms with Crippen molar-refractivity contribution < 1.29 is 14.2 Å². The van der Waals surface area contributed by atoms with E-state index in [1.54, 1.807) is 7.11 Å². The van der Waals surface area contributed by atoms with Gasteiger partial charge in [-0.25, -0.2) is 0 Å². The molecule has 1 saturated heterocycles. The van der Waals surface area contributed by atoms with Crippen molar-refractivity contribution in [3.8, 4) is 11.5 Å². The monoisotopic (exact) mass is 292 g/mol. The van der Waals surface area contributed by atoms with E-state index in [0.29, 0.717) is 6.04 Å². The summed E-state index contributed by atoms with van der Waals surface area (Å²) in [6, 6.07) is 6.39. The van der Waals surface area contributed by atoms with Gasteiger partial charge in [0.25, 0.3) is 0 Å². The summed E-state index contributed by atoms with van der Waals surface area (Å²) in [4.78, 5) is 2.45. The molecule has 1 unspecified atom stereocenters. The van der Waals surface area contributed by atoms with E-state index in [1.807, 2.05) is 12.1 Å². The fraction of sp³-hybridized carbons (Fsp3) is 0.625. The van der Waals surface area contributed by atoms with E-state index in [2.05, 4.69) is 16.3 Å². The fourth-order valence-electron chi connectivity index (χ4n) is 2.93. The van der Waals surface area contributed by atoms with Crippen LogP contribution in [0.1, 0.15) is 18.0 Å². The predicted octanol–water partition coefficient (Wildman–Crippen LogP) is 1.44. The van der Waals surface area contributed by atoms with Crippen molar-refractivity contribution in [2.75, 3.05) is 53.1 Å². The molecule has 1 aromatic carbocycles. The molecule has 0 amide bonds. The minimum absolute atomic E-state index is 0.352. The normalized spacial score (nSPS) is 22.4. The summed E-state index contributed by atoms with van der Waals surface area (Å²) in [7, 11) is 1.70. The Bertz CT molecular complexity index is 461. The third kappa shape index (κ3) is 3.67. The predicted molar refractivity (Wildman–Crippen MR) is 81.1 cm³/mol. The van der Waals surface area contributed by atoms with Gasteiger partial charge in [0.1, 0.15) is 11.5 Å². The van der Waals surface area contributed by atoms with E-state index in [1.165, 1.54) is 5.56 Å². The molecule has 0 bridgehead atoms. The van der Waals surface area contributed by atoms with E-state index < -0.39 is 0 Å². The molecule has 3 rings (SSSR count). The van der Waals surface area contributed by atoms with Gasteiger partial charge >= 0.3 is 0 Å². The highest BCUT2D eigenvalue weighted by Crippen LogP contribution is 2.34. The number of morpholine rings is 1. The van der Waals surface area contributed by atoms with Gasteiger partial charge in [0.05, 0.1) is 26.9 Å². The van der Waals surface area contributed by atoms with E-state index in [4.69, 9.17) is 14.2 Å². The van der Waals surface area contributed by atoms with Gasteiger partial charge in [-0.1, -0.05) is 0 Å². The number of nitrogens with one attached hydrogen (secondary N) is 1. The maximum absolute atomic E-state index is 5.73. The minimum atomic E-state index is 0.352. The molecule has 1 N–H and O–H groups in total. The quantitative estimate of drug-likeness (QED) is 0.889. The lowest BCUT2D eigenvalue weighted by Crippen LogP contribution is -2.41. The smallest absolute Gasteiger partial charge is 0.124 e. The molecule has 5 nitrogen and oxygen atoms in total. The molecule has 0 aromatic heterocycles. The van der Waals surface area contributed by atoms with Crippen molar-refractivity contribution in [3.63, 3.8) is 0 Å². The zero-order valence-electron chi connectivity index (χ0n) is 12.6. The van der Waals surface area contributed by atoms with E-state index in [9.17, 15) is 0 Å². The third-order valence-electron chi connectivity index (χ3n) is 4.18. The van der Waals surface area contributed by atoms with Crippen LogP contribution in [0.2, 0.25) is 0 Å². The van der Waals surface area contributed by atoms with Gasteiger partial charge in [-0.2, -0.15) is 0 Å². The first kappa shape index (κ1) is 14.6. The van der Waals surface area contributed by atoms with Crippen LogP contribution in [0, 0.1) is 0 Å². The summed E-state index contributed by atoms with van der Waals surface area (Å²) < 4.78 is 16.4. The Morgan fingerprint density at radius 1 is 1.29 bits per heavy atom. The Hall–Kier alpha value is -1.30. The Balaban J connectivity index is 1.56. The molecule has 21 heavy (non-hydrogen) atoms. The van der Waals surface area contributed by atoms with Crippen molar-refractivity contribution in [3.05, 3.63) is 23.8 Å². The SMILES string of the molecule is COc1ccc2c(c1)C(NCCN1CCOCC1)CCO2. The lowest BCUT2D eigenvalue weighted by Gasteiger charge is -2.30. The first-order valence-electron chi connectivity index (χ1n) is 7.71. The van der Waals surface area contributed by atoms with Gasteiger partial charge in [0.2, 0.25) is 0 Å². The van der Waals surface area contributed by atoms with Crippen molar-refractivity contribution >= 4 is 0 Å². The number of methoxy groups -OCH3 is 1. The molecule has 2 aliphatic heterocycles. The molecule has 0 spiro atoms. The highest BCUT2D eigenvalue weighted by atomic mass is 16.5. The summed E-state index contributed by atoms with van der Waals surface area (Å²) >= 11 is 0. The summed E-state index contributed by atoms with van der Waals surface area (Å²) in [5.41, 5.74) is 1.21. The number of benzene rings is 1. The number of nitrogens with zero attached hydrogens (tertiary/aromatic N) is 1. The highest BCUT2D eigenvalue weighted by Gasteiger charge is 2.22. The maximum Gasteiger partial charge on any atom is 0.124 e. The van der Waals surface area contributed by atoms with Crippen LogP contribution in [-0.2, 0) is 4.74 Å². The Labute approximate surface area is 126 Å². The second kappa shape index (κ2) is 7.11. The molecule has 1 fully saturated rings. The summed E-state index contributed by atoms with van der Waals surface area (Å²) in [5, 5.41) is 3.66. The molecule has 2 heterocycles. The van der Waals surface area contributed by atoms with E-state index in [-0.39, 0.29) is 0 Å². The van der Waals surface area contributed by atoms with E-state index >= 15 is 0 Å². The fourth-order valence-corrected chi connectivity index (χ4v) is 2.93. The first-order valence-corrected chi connectivity index (χ1v) is 7.71. The van der Waals surface area contributed by atoms with Gasteiger partial charge < -0.3 is 19.5 Å². The summed E-state index contributed by atoms with van der Waals surface area (Å²) in [6.07, 6.45) is 1.00. The van der Waals surface area contributed by atoms with Crippen LogP contribution in [0.25, 0.3) is 0 Å². The second-order valence-corrected chi connectivity index (χ2v) is 5.50. The van der Waals surface area contributed by atoms with Crippen molar-refractivity contribution in [2.24, 2.45) is 0 Å². The maximum atomic E-state index is 5.73. The van der Waals surface area contributed by atoms with Crippen LogP contribution in [0.15, 0.2) is 18.2 Å². The molecule has 0 saturated carbocycles. The molecule has 1 atom stereocenters. The van der Waals surface area contributed by atoms with Gasteiger partial charge in [0, 0.05) is 44.2 Å². The lowest BCUT2D eigenvalue weighted by molar-refractivity contribution is 0.0379. The van der Waals surface area contributed by atoms with Crippen molar-refractivity contribution in [2.45, 2.75) is 12.5 Å². The minimum Gasteiger partial charge on any atom is -0.497 e. The van der Waals surface area contributed by atoms with Crippen LogP contribution < -0.4 is 14.8 Å². The van der Waals surface area contributed by atoms with Crippen molar-refractivity contribution in [1.82, 2.24) is 10.2 Å². The average Bonchev–Trinajstić information content (AvgIpc) is 2.55. The average molecular weight is 292 g/mol. The number of fused-ring (bicyclic) bond motifs is 1.